The molecule has 3 unspecified atom stereocenters. The Hall–Kier alpha value is -0.570. The standard InChI is InChI=1S/C12H23NO2/c1-3-9(2)12(15)13-11-7-5-4-6-10(11)8-14/h9-11,14H,3-8H2,1-2H3,(H,13,15). The number of carbonyl (C=O) groups excluding carboxylic acids is 1. The van der Waals surface area contributed by atoms with Crippen molar-refractivity contribution in [1.29, 1.82) is 0 Å². The van der Waals surface area contributed by atoms with Crippen LogP contribution in [0.4, 0.5) is 0 Å². The maximum absolute atomic E-state index is 11.7. The Kier molecular flexibility index (Phi) is 5.09. The summed E-state index contributed by atoms with van der Waals surface area (Å²) in [5.74, 6) is 0.501. The zero-order valence-electron chi connectivity index (χ0n) is 9.83. The first kappa shape index (κ1) is 12.5. The normalized spacial score (nSPS) is 28.5. The molecule has 1 aliphatic carbocycles. The van der Waals surface area contributed by atoms with Crippen LogP contribution in [0.1, 0.15) is 46.0 Å². The van der Waals surface area contributed by atoms with Crippen LogP contribution in [-0.2, 0) is 4.79 Å². The Bertz CT molecular complexity index is 206. The van der Waals surface area contributed by atoms with Gasteiger partial charge >= 0.3 is 0 Å². The molecule has 3 nitrogen and oxygen atoms in total. The van der Waals surface area contributed by atoms with Gasteiger partial charge in [-0.1, -0.05) is 26.7 Å². The molecule has 0 aromatic rings. The van der Waals surface area contributed by atoms with Crippen LogP contribution in [0.15, 0.2) is 0 Å². The summed E-state index contributed by atoms with van der Waals surface area (Å²) in [4.78, 5) is 11.7. The van der Waals surface area contributed by atoms with Gasteiger partial charge in [0.25, 0.3) is 0 Å². The van der Waals surface area contributed by atoms with Crippen molar-refractivity contribution in [2.24, 2.45) is 11.8 Å². The van der Waals surface area contributed by atoms with E-state index < -0.39 is 0 Å². The number of rotatable bonds is 4. The molecule has 0 aliphatic heterocycles. The van der Waals surface area contributed by atoms with E-state index in [-0.39, 0.29) is 30.4 Å². The van der Waals surface area contributed by atoms with Crippen molar-refractivity contribution >= 4 is 5.91 Å². The van der Waals surface area contributed by atoms with Crippen LogP contribution in [0.5, 0.6) is 0 Å². The number of aliphatic hydroxyl groups is 1. The Morgan fingerprint density at radius 1 is 1.47 bits per heavy atom. The van der Waals surface area contributed by atoms with Crippen LogP contribution < -0.4 is 5.32 Å². The molecule has 0 aromatic carbocycles. The number of hydrogen-bond donors (Lipinski definition) is 2. The number of aliphatic hydroxyl groups excluding tert-OH is 1. The maximum Gasteiger partial charge on any atom is 0.223 e. The van der Waals surface area contributed by atoms with Crippen molar-refractivity contribution in [2.75, 3.05) is 6.61 Å². The summed E-state index contributed by atoms with van der Waals surface area (Å²) >= 11 is 0. The highest BCUT2D eigenvalue weighted by atomic mass is 16.3. The van der Waals surface area contributed by atoms with Gasteiger partial charge in [-0.3, -0.25) is 4.79 Å². The van der Waals surface area contributed by atoms with Gasteiger partial charge < -0.3 is 10.4 Å². The van der Waals surface area contributed by atoms with Gasteiger partial charge in [0.1, 0.15) is 0 Å². The quantitative estimate of drug-likeness (QED) is 0.746. The largest absolute Gasteiger partial charge is 0.396 e. The second-order valence-electron chi connectivity index (χ2n) is 4.65. The van der Waals surface area contributed by atoms with Crippen molar-refractivity contribution in [3.63, 3.8) is 0 Å². The van der Waals surface area contributed by atoms with Gasteiger partial charge in [0, 0.05) is 24.5 Å². The van der Waals surface area contributed by atoms with E-state index in [1.165, 1.54) is 12.8 Å². The summed E-state index contributed by atoms with van der Waals surface area (Å²) in [6.07, 6.45) is 5.29. The number of carbonyl (C=O) groups is 1. The predicted octanol–water partition coefficient (Wildman–Crippen LogP) is 1.70. The molecule has 0 bridgehead atoms. The zero-order valence-corrected chi connectivity index (χ0v) is 9.83. The summed E-state index contributed by atoms with van der Waals surface area (Å²) in [6, 6.07) is 0.199. The van der Waals surface area contributed by atoms with Crippen LogP contribution in [0.25, 0.3) is 0 Å². The van der Waals surface area contributed by atoms with E-state index in [0.29, 0.717) is 0 Å². The summed E-state index contributed by atoms with van der Waals surface area (Å²) in [7, 11) is 0. The van der Waals surface area contributed by atoms with Crippen LogP contribution in [0.3, 0.4) is 0 Å². The van der Waals surface area contributed by atoms with Crippen LogP contribution in [0.2, 0.25) is 0 Å². The molecule has 1 amide bonds. The Labute approximate surface area is 92.3 Å². The van der Waals surface area contributed by atoms with Gasteiger partial charge in [0.05, 0.1) is 0 Å². The molecular weight excluding hydrogens is 190 g/mol. The monoisotopic (exact) mass is 213 g/mol. The molecule has 1 fully saturated rings. The molecule has 2 N–H and O–H groups in total. The molecule has 1 aliphatic rings. The number of hydrogen-bond acceptors (Lipinski definition) is 2. The molecule has 0 radical (unpaired) electrons. The molecule has 1 saturated carbocycles. The fourth-order valence-electron chi connectivity index (χ4n) is 2.13. The van der Waals surface area contributed by atoms with Gasteiger partial charge in [-0.25, -0.2) is 0 Å². The van der Waals surface area contributed by atoms with Gasteiger partial charge in [-0.05, 0) is 19.3 Å². The van der Waals surface area contributed by atoms with E-state index in [4.69, 9.17) is 0 Å². The first-order valence-corrected chi connectivity index (χ1v) is 6.10. The minimum absolute atomic E-state index is 0.0891. The summed E-state index contributed by atoms with van der Waals surface area (Å²) in [5.41, 5.74) is 0. The number of amides is 1. The lowest BCUT2D eigenvalue weighted by atomic mass is 9.84. The van der Waals surface area contributed by atoms with Crippen LogP contribution in [-0.4, -0.2) is 23.7 Å². The highest BCUT2D eigenvalue weighted by Crippen LogP contribution is 2.24. The molecule has 1 rings (SSSR count). The Morgan fingerprint density at radius 3 is 2.73 bits per heavy atom. The third kappa shape index (κ3) is 3.49. The van der Waals surface area contributed by atoms with Gasteiger partial charge in [0.2, 0.25) is 5.91 Å². The van der Waals surface area contributed by atoms with Gasteiger partial charge in [0.15, 0.2) is 0 Å². The molecule has 0 heterocycles. The fraction of sp³-hybridized carbons (Fsp3) is 0.917. The zero-order chi connectivity index (χ0) is 11.3. The Morgan fingerprint density at radius 2 is 2.13 bits per heavy atom. The maximum atomic E-state index is 11.7. The van der Waals surface area contributed by atoms with Crippen molar-refractivity contribution in [3.8, 4) is 0 Å². The molecule has 3 atom stereocenters. The third-order valence-electron chi connectivity index (χ3n) is 3.53. The Balaban J connectivity index is 2.44. The average Bonchev–Trinajstić information content (AvgIpc) is 2.28. The highest BCUT2D eigenvalue weighted by Gasteiger charge is 2.26. The lowest BCUT2D eigenvalue weighted by molar-refractivity contribution is -0.126. The lowest BCUT2D eigenvalue weighted by Gasteiger charge is -2.31. The number of nitrogens with one attached hydrogen (secondary N) is 1. The molecular formula is C12H23NO2. The molecule has 15 heavy (non-hydrogen) atoms. The minimum atomic E-state index is 0.0891. The fourth-order valence-corrected chi connectivity index (χ4v) is 2.13. The van der Waals surface area contributed by atoms with E-state index in [1.807, 2.05) is 13.8 Å². The minimum Gasteiger partial charge on any atom is -0.396 e. The van der Waals surface area contributed by atoms with Crippen molar-refractivity contribution in [2.45, 2.75) is 52.0 Å². The summed E-state index contributed by atoms with van der Waals surface area (Å²) < 4.78 is 0. The van der Waals surface area contributed by atoms with Crippen molar-refractivity contribution in [1.82, 2.24) is 5.32 Å². The first-order valence-electron chi connectivity index (χ1n) is 6.10. The summed E-state index contributed by atoms with van der Waals surface area (Å²) in [6.45, 7) is 4.17. The molecule has 0 spiro atoms. The second kappa shape index (κ2) is 6.11. The second-order valence-corrected chi connectivity index (χ2v) is 4.65. The highest BCUT2D eigenvalue weighted by molar-refractivity contribution is 5.78. The van der Waals surface area contributed by atoms with Crippen LogP contribution in [0, 0.1) is 11.8 Å². The molecule has 0 saturated heterocycles. The van der Waals surface area contributed by atoms with Crippen molar-refractivity contribution < 1.29 is 9.90 Å². The summed E-state index contributed by atoms with van der Waals surface area (Å²) in [5, 5.41) is 12.3. The van der Waals surface area contributed by atoms with E-state index in [0.717, 1.165) is 19.3 Å². The lowest BCUT2D eigenvalue weighted by Crippen LogP contribution is -2.45. The average molecular weight is 213 g/mol. The molecule has 3 heteroatoms. The van der Waals surface area contributed by atoms with E-state index in [1.54, 1.807) is 0 Å². The van der Waals surface area contributed by atoms with E-state index in [9.17, 15) is 9.90 Å². The van der Waals surface area contributed by atoms with Gasteiger partial charge in [-0.15, -0.1) is 0 Å². The van der Waals surface area contributed by atoms with E-state index in [2.05, 4.69) is 5.32 Å². The topological polar surface area (TPSA) is 49.3 Å². The third-order valence-corrected chi connectivity index (χ3v) is 3.53. The molecule has 88 valence electrons. The molecule has 0 aromatic heterocycles. The van der Waals surface area contributed by atoms with Gasteiger partial charge in [-0.2, -0.15) is 0 Å². The first-order chi connectivity index (χ1) is 7.19. The van der Waals surface area contributed by atoms with E-state index >= 15 is 0 Å². The smallest absolute Gasteiger partial charge is 0.223 e. The SMILES string of the molecule is CCC(C)C(=O)NC1CCCCC1CO. The van der Waals surface area contributed by atoms with Crippen molar-refractivity contribution in [3.05, 3.63) is 0 Å². The predicted molar refractivity (Wildman–Crippen MR) is 60.4 cm³/mol. The van der Waals surface area contributed by atoms with Crippen LogP contribution >= 0.6 is 0 Å².